The summed E-state index contributed by atoms with van der Waals surface area (Å²) < 4.78 is 30.5. The number of fused-ring (bicyclic) bond motifs is 1. The lowest BCUT2D eigenvalue weighted by atomic mass is 9.98. The molecule has 1 fully saturated rings. The van der Waals surface area contributed by atoms with Gasteiger partial charge in [0.05, 0.1) is 12.7 Å². The van der Waals surface area contributed by atoms with Gasteiger partial charge in [0.15, 0.2) is 12.8 Å². The van der Waals surface area contributed by atoms with E-state index in [4.69, 9.17) is 14.2 Å². The third kappa shape index (κ3) is 6.34. The number of hydrogen-bond donors (Lipinski definition) is 2. The molecule has 0 atom stereocenters. The largest absolute Gasteiger partial charge is 0.467 e. The molecule has 1 aromatic carbocycles. The Bertz CT molecular complexity index is 648. The normalized spacial score (nSPS) is 17.7. The summed E-state index contributed by atoms with van der Waals surface area (Å²) in [6.07, 6.45) is 8.40. The molecule has 1 aliphatic carbocycles. The minimum atomic E-state index is -0.261. The van der Waals surface area contributed by atoms with Gasteiger partial charge in [-0.15, -0.1) is 0 Å². The SMILES string of the molecule is CN=C(NCCCOC1CCCCC1)NCCc1cc(F)cc2c1OCOC2. The van der Waals surface area contributed by atoms with E-state index in [0.29, 0.717) is 25.7 Å². The highest BCUT2D eigenvalue weighted by Crippen LogP contribution is 2.29. The average Bonchev–Trinajstić information content (AvgIpc) is 2.72. The molecule has 0 amide bonds. The molecule has 7 heteroatoms. The van der Waals surface area contributed by atoms with Crippen molar-refractivity contribution in [3.05, 3.63) is 29.1 Å². The fraction of sp³-hybridized carbons (Fsp3) is 0.667. The Hall–Kier alpha value is -1.86. The molecule has 1 aromatic rings. The number of aliphatic imine (C=N–C) groups is 1. The summed E-state index contributed by atoms with van der Waals surface area (Å²) in [6.45, 7) is 2.83. The Balaban J connectivity index is 1.35. The van der Waals surface area contributed by atoms with Gasteiger partial charge in [-0.25, -0.2) is 4.39 Å². The van der Waals surface area contributed by atoms with Crippen LogP contribution in [0.4, 0.5) is 4.39 Å². The summed E-state index contributed by atoms with van der Waals surface area (Å²) in [5.41, 5.74) is 1.61. The predicted molar refractivity (Wildman–Crippen MR) is 107 cm³/mol. The number of nitrogens with zero attached hydrogens (tertiary/aromatic N) is 1. The van der Waals surface area contributed by atoms with Gasteiger partial charge in [0.1, 0.15) is 11.6 Å². The van der Waals surface area contributed by atoms with Crippen LogP contribution in [0, 0.1) is 5.82 Å². The number of benzene rings is 1. The Morgan fingerprint density at radius 2 is 2.04 bits per heavy atom. The van der Waals surface area contributed by atoms with E-state index in [9.17, 15) is 4.39 Å². The first-order valence-corrected chi connectivity index (χ1v) is 10.3. The zero-order valence-electron chi connectivity index (χ0n) is 16.8. The molecule has 0 saturated heterocycles. The zero-order chi connectivity index (χ0) is 19.6. The van der Waals surface area contributed by atoms with Gasteiger partial charge in [-0.05, 0) is 43.4 Å². The van der Waals surface area contributed by atoms with Crippen LogP contribution < -0.4 is 15.4 Å². The van der Waals surface area contributed by atoms with Crippen molar-refractivity contribution in [2.24, 2.45) is 4.99 Å². The van der Waals surface area contributed by atoms with Crippen molar-refractivity contribution >= 4 is 5.96 Å². The van der Waals surface area contributed by atoms with Gasteiger partial charge in [-0.1, -0.05) is 19.3 Å². The number of halogens is 1. The van der Waals surface area contributed by atoms with E-state index < -0.39 is 0 Å². The number of ether oxygens (including phenoxy) is 3. The highest BCUT2D eigenvalue weighted by molar-refractivity contribution is 5.79. The van der Waals surface area contributed by atoms with Crippen LogP contribution in [0.5, 0.6) is 5.75 Å². The molecule has 2 aliphatic rings. The van der Waals surface area contributed by atoms with Crippen molar-refractivity contribution in [3.8, 4) is 5.75 Å². The third-order valence-electron chi connectivity index (χ3n) is 5.18. The van der Waals surface area contributed by atoms with E-state index in [0.717, 1.165) is 42.4 Å². The van der Waals surface area contributed by atoms with E-state index in [-0.39, 0.29) is 12.6 Å². The van der Waals surface area contributed by atoms with E-state index in [2.05, 4.69) is 15.6 Å². The molecular formula is C21H32FN3O3. The average molecular weight is 394 g/mol. The lowest BCUT2D eigenvalue weighted by Gasteiger charge is -2.22. The Kier molecular flexibility index (Phi) is 8.36. The Labute approximate surface area is 166 Å². The molecule has 0 bridgehead atoms. The molecule has 1 saturated carbocycles. The maximum Gasteiger partial charge on any atom is 0.190 e. The van der Waals surface area contributed by atoms with E-state index in [1.54, 1.807) is 7.05 Å². The maximum absolute atomic E-state index is 13.8. The smallest absolute Gasteiger partial charge is 0.190 e. The second-order valence-electron chi connectivity index (χ2n) is 7.32. The predicted octanol–water partition coefficient (Wildman–Crippen LogP) is 3.14. The third-order valence-corrected chi connectivity index (χ3v) is 5.18. The van der Waals surface area contributed by atoms with Crippen molar-refractivity contribution < 1.29 is 18.6 Å². The molecule has 1 heterocycles. The monoisotopic (exact) mass is 393 g/mol. The van der Waals surface area contributed by atoms with Gasteiger partial charge in [0, 0.05) is 32.3 Å². The van der Waals surface area contributed by atoms with Gasteiger partial charge < -0.3 is 24.8 Å². The van der Waals surface area contributed by atoms with E-state index in [1.165, 1.54) is 44.2 Å². The summed E-state index contributed by atoms with van der Waals surface area (Å²) in [5.74, 6) is 1.23. The van der Waals surface area contributed by atoms with Gasteiger partial charge in [-0.2, -0.15) is 0 Å². The molecule has 1 aliphatic heterocycles. The van der Waals surface area contributed by atoms with Crippen LogP contribution in [0.2, 0.25) is 0 Å². The van der Waals surface area contributed by atoms with Crippen LogP contribution in [0.15, 0.2) is 17.1 Å². The molecule has 0 radical (unpaired) electrons. The number of rotatable bonds is 8. The molecule has 3 rings (SSSR count). The Morgan fingerprint density at radius 3 is 2.86 bits per heavy atom. The summed E-state index contributed by atoms with van der Waals surface area (Å²) in [6, 6.07) is 3.01. The fourth-order valence-corrected chi connectivity index (χ4v) is 3.74. The minimum Gasteiger partial charge on any atom is -0.467 e. The Morgan fingerprint density at radius 1 is 1.21 bits per heavy atom. The summed E-state index contributed by atoms with van der Waals surface area (Å²) in [5, 5.41) is 6.57. The second-order valence-corrected chi connectivity index (χ2v) is 7.32. The topological polar surface area (TPSA) is 64.1 Å². The second kappa shape index (κ2) is 11.2. The fourth-order valence-electron chi connectivity index (χ4n) is 3.74. The first-order chi connectivity index (χ1) is 13.8. The maximum atomic E-state index is 13.8. The van der Waals surface area contributed by atoms with Crippen molar-refractivity contribution in [2.75, 3.05) is 33.5 Å². The summed E-state index contributed by atoms with van der Waals surface area (Å²) in [7, 11) is 1.75. The van der Waals surface area contributed by atoms with E-state index >= 15 is 0 Å². The van der Waals surface area contributed by atoms with Gasteiger partial charge in [0.2, 0.25) is 0 Å². The number of hydrogen-bond acceptors (Lipinski definition) is 4. The summed E-state index contributed by atoms with van der Waals surface area (Å²) >= 11 is 0. The lowest BCUT2D eigenvalue weighted by Crippen LogP contribution is -2.39. The van der Waals surface area contributed by atoms with Crippen molar-refractivity contribution in [1.29, 1.82) is 0 Å². The van der Waals surface area contributed by atoms with Crippen LogP contribution in [-0.4, -0.2) is 45.6 Å². The lowest BCUT2D eigenvalue weighted by molar-refractivity contribution is -0.0172. The highest BCUT2D eigenvalue weighted by Gasteiger charge is 2.17. The summed E-state index contributed by atoms with van der Waals surface area (Å²) in [4.78, 5) is 4.24. The standard InChI is InChI=1S/C21H32FN3O3/c1-23-21(24-9-5-11-27-19-6-3-2-4-7-19)25-10-8-16-12-18(22)13-17-14-26-15-28-20(16)17/h12-13,19H,2-11,14-15H2,1H3,(H2,23,24,25). The molecular weight excluding hydrogens is 361 g/mol. The molecule has 2 N–H and O–H groups in total. The minimum absolute atomic E-state index is 0.214. The van der Waals surface area contributed by atoms with Crippen LogP contribution in [-0.2, 0) is 22.5 Å². The molecule has 0 unspecified atom stereocenters. The molecule has 0 spiro atoms. The van der Waals surface area contributed by atoms with Crippen molar-refractivity contribution in [3.63, 3.8) is 0 Å². The van der Waals surface area contributed by atoms with Crippen LogP contribution in [0.1, 0.15) is 49.7 Å². The van der Waals surface area contributed by atoms with E-state index in [1.807, 2.05) is 0 Å². The number of guanidine groups is 1. The van der Waals surface area contributed by atoms with Crippen LogP contribution in [0.25, 0.3) is 0 Å². The van der Waals surface area contributed by atoms with Crippen LogP contribution in [0.3, 0.4) is 0 Å². The quantitative estimate of drug-likeness (QED) is 0.404. The number of nitrogens with one attached hydrogen (secondary N) is 2. The van der Waals surface area contributed by atoms with Gasteiger partial charge >= 0.3 is 0 Å². The molecule has 6 nitrogen and oxygen atoms in total. The first-order valence-electron chi connectivity index (χ1n) is 10.3. The highest BCUT2D eigenvalue weighted by atomic mass is 19.1. The van der Waals surface area contributed by atoms with Crippen molar-refractivity contribution in [1.82, 2.24) is 10.6 Å². The van der Waals surface area contributed by atoms with Gasteiger partial charge in [0.25, 0.3) is 0 Å². The molecule has 156 valence electrons. The van der Waals surface area contributed by atoms with Gasteiger partial charge in [-0.3, -0.25) is 4.99 Å². The van der Waals surface area contributed by atoms with Crippen LogP contribution >= 0.6 is 0 Å². The molecule has 0 aromatic heterocycles. The molecule has 28 heavy (non-hydrogen) atoms. The first kappa shape index (κ1) is 20.9. The van der Waals surface area contributed by atoms with Crippen molar-refractivity contribution in [2.45, 2.75) is 57.7 Å². The zero-order valence-corrected chi connectivity index (χ0v) is 16.8.